The molecular formula is C13H18N3O3P. The first-order valence-electron chi connectivity index (χ1n) is 6.20. The molecule has 0 aliphatic carbocycles. The molecule has 0 spiro atoms. The summed E-state index contributed by atoms with van der Waals surface area (Å²) >= 11 is 0. The van der Waals surface area contributed by atoms with Crippen LogP contribution in [0.1, 0.15) is 6.42 Å². The Hall–Kier alpha value is -1.81. The highest BCUT2D eigenvalue weighted by Gasteiger charge is 2.45. The molecule has 7 heteroatoms. The van der Waals surface area contributed by atoms with Crippen LogP contribution in [0.3, 0.4) is 0 Å². The van der Waals surface area contributed by atoms with Crippen molar-refractivity contribution >= 4 is 30.2 Å². The quantitative estimate of drug-likeness (QED) is 0.600. The Morgan fingerprint density at radius 1 is 1.00 bits per heavy atom. The van der Waals surface area contributed by atoms with E-state index in [-0.39, 0.29) is 6.42 Å². The van der Waals surface area contributed by atoms with Crippen molar-refractivity contribution < 1.29 is 14.2 Å². The van der Waals surface area contributed by atoms with Gasteiger partial charge in [0.25, 0.3) is 7.44 Å². The highest BCUT2D eigenvalue weighted by atomic mass is 31.2. The monoisotopic (exact) mass is 295 g/mol. The molecule has 1 aliphatic rings. The maximum Gasteiger partial charge on any atom is 0.296 e. The fourth-order valence-corrected chi connectivity index (χ4v) is 4.53. The van der Waals surface area contributed by atoms with E-state index in [4.69, 9.17) is 0 Å². The molecule has 20 heavy (non-hydrogen) atoms. The van der Waals surface area contributed by atoms with Gasteiger partial charge in [-0.3, -0.25) is 23.5 Å². The summed E-state index contributed by atoms with van der Waals surface area (Å²) in [4.78, 5) is 25.5. The van der Waals surface area contributed by atoms with Crippen LogP contribution < -0.4 is 10.2 Å². The van der Waals surface area contributed by atoms with Crippen molar-refractivity contribution in [1.82, 2.24) is 9.34 Å². The molecule has 0 bridgehead atoms. The molecule has 0 N–H and O–H groups in total. The van der Waals surface area contributed by atoms with Crippen molar-refractivity contribution in [3.05, 3.63) is 24.3 Å². The molecule has 0 atom stereocenters. The third kappa shape index (κ3) is 2.10. The zero-order chi connectivity index (χ0) is 15.1. The SMILES string of the molecule is CN(C)c1ccc(P2(=O)N(C)C(=O)CC(=O)N2C)cc1. The second-order valence-electron chi connectivity index (χ2n) is 4.97. The van der Waals surface area contributed by atoms with Crippen molar-refractivity contribution in [2.75, 3.05) is 33.1 Å². The minimum atomic E-state index is -3.36. The van der Waals surface area contributed by atoms with Crippen molar-refractivity contribution in [2.45, 2.75) is 6.42 Å². The van der Waals surface area contributed by atoms with Crippen LogP contribution in [0.5, 0.6) is 0 Å². The number of carbonyl (C=O) groups is 2. The average molecular weight is 295 g/mol. The number of rotatable bonds is 2. The number of anilines is 1. The Bertz CT molecular complexity index is 573. The molecule has 108 valence electrons. The lowest BCUT2D eigenvalue weighted by Gasteiger charge is -2.39. The summed E-state index contributed by atoms with van der Waals surface area (Å²) in [6, 6.07) is 7.05. The molecule has 1 aromatic rings. The Kier molecular flexibility index (Phi) is 3.61. The maximum absolute atomic E-state index is 13.2. The Morgan fingerprint density at radius 3 is 1.85 bits per heavy atom. The van der Waals surface area contributed by atoms with E-state index < -0.39 is 19.3 Å². The van der Waals surface area contributed by atoms with E-state index in [1.807, 2.05) is 31.1 Å². The van der Waals surface area contributed by atoms with Gasteiger partial charge >= 0.3 is 0 Å². The van der Waals surface area contributed by atoms with E-state index in [9.17, 15) is 14.2 Å². The smallest absolute Gasteiger partial charge is 0.296 e. The summed E-state index contributed by atoms with van der Waals surface area (Å²) in [5, 5.41) is 0.481. The van der Waals surface area contributed by atoms with Gasteiger partial charge in [0.15, 0.2) is 0 Å². The van der Waals surface area contributed by atoms with Crippen LogP contribution in [0.15, 0.2) is 24.3 Å². The van der Waals surface area contributed by atoms with Gasteiger partial charge in [0, 0.05) is 33.9 Å². The summed E-state index contributed by atoms with van der Waals surface area (Å²) in [7, 11) is 3.41. The van der Waals surface area contributed by atoms with E-state index in [0.29, 0.717) is 5.30 Å². The van der Waals surface area contributed by atoms with Crippen LogP contribution in [-0.4, -0.2) is 49.3 Å². The largest absolute Gasteiger partial charge is 0.378 e. The number of benzene rings is 1. The van der Waals surface area contributed by atoms with Gasteiger partial charge < -0.3 is 4.90 Å². The third-order valence-corrected chi connectivity index (χ3v) is 6.58. The van der Waals surface area contributed by atoms with Crippen LogP contribution >= 0.6 is 7.44 Å². The first-order chi connectivity index (χ1) is 9.28. The minimum absolute atomic E-state index is 0.229. The summed E-state index contributed by atoms with van der Waals surface area (Å²) in [5.74, 6) is -0.818. The minimum Gasteiger partial charge on any atom is -0.378 e. The second kappa shape index (κ2) is 4.94. The number of hydrogen-bond donors (Lipinski definition) is 0. The fraction of sp³-hybridized carbons (Fsp3) is 0.385. The Balaban J connectivity index is 2.49. The second-order valence-corrected chi connectivity index (χ2v) is 7.77. The molecule has 1 aliphatic heterocycles. The van der Waals surface area contributed by atoms with Crippen molar-refractivity contribution in [1.29, 1.82) is 0 Å². The topological polar surface area (TPSA) is 60.9 Å². The van der Waals surface area contributed by atoms with Crippen molar-refractivity contribution in [3.8, 4) is 0 Å². The normalized spacial score (nSPS) is 18.4. The Labute approximate surface area is 118 Å². The standard InChI is InChI=1S/C13H18N3O3P/c1-14(2)10-5-7-11(8-6-10)20(19)15(3)12(17)9-13(18)16(20)4/h5-8H,9H2,1-4H3. The predicted molar refractivity (Wildman–Crippen MR) is 78.2 cm³/mol. The molecule has 0 saturated carbocycles. The average Bonchev–Trinajstić information content (AvgIpc) is 2.43. The highest BCUT2D eigenvalue weighted by molar-refractivity contribution is 7.68. The van der Waals surface area contributed by atoms with E-state index in [0.717, 1.165) is 5.69 Å². The molecule has 6 nitrogen and oxygen atoms in total. The lowest BCUT2D eigenvalue weighted by Crippen LogP contribution is -2.45. The molecule has 2 amide bonds. The van der Waals surface area contributed by atoms with Crippen LogP contribution in [0.4, 0.5) is 5.69 Å². The molecule has 1 heterocycles. The number of nitrogens with zero attached hydrogens (tertiary/aromatic N) is 3. The number of amides is 2. The lowest BCUT2D eigenvalue weighted by molar-refractivity contribution is -0.137. The molecule has 1 aromatic carbocycles. The van der Waals surface area contributed by atoms with Gasteiger partial charge in [-0.05, 0) is 24.3 Å². The van der Waals surface area contributed by atoms with Crippen LogP contribution in [0.25, 0.3) is 0 Å². The van der Waals surface area contributed by atoms with E-state index in [1.165, 1.54) is 23.4 Å². The molecular weight excluding hydrogens is 277 g/mol. The van der Waals surface area contributed by atoms with Crippen LogP contribution in [-0.2, 0) is 14.2 Å². The molecule has 0 aromatic heterocycles. The van der Waals surface area contributed by atoms with Gasteiger partial charge in [-0.1, -0.05) is 0 Å². The van der Waals surface area contributed by atoms with Gasteiger partial charge in [-0.15, -0.1) is 0 Å². The van der Waals surface area contributed by atoms with Crippen molar-refractivity contribution in [3.63, 3.8) is 0 Å². The Morgan fingerprint density at radius 2 is 1.45 bits per heavy atom. The van der Waals surface area contributed by atoms with Crippen LogP contribution in [0, 0.1) is 0 Å². The molecule has 1 saturated heterocycles. The predicted octanol–water partition coefficient (Wildman–Crippen LogP) is 0.891. The van der Waals surface area contributed by atoms with Crippen LogP contribution in [0.2, 0.25) is 0 Å². The molecule has 1 fully saturated rings. The number of carbonyl (C=O) groups excluding carboxylic acids is 2. The molecule has 0 unspecified atom stereocenters. The summed E-state index contributed by atoms with van der Waals surface area (Å²) in [5.41, 5.74) is 0.959. The fourth-order valence-electron chi connectivity index (χ4n) is 2.15. The molecule has 2 rings (SSSR count). The first-order valence-corrected chi connectivity index (χ1v) is 7.81. The highest BCUT2D eigenvalue weighted by Crippen LogP contribution is 2.53. The van der Waals surface area contributed by atoms with E-state index >= 15 is 0 Å². The third-order valence-electron chi connectivity index (χ3n) is 3.54. The summed E-state index contributed by atoms with van der Waals surface area (Å²) < 4.78 is 15.6. The van der Waals surface area contributed by atoms with Gasteiger partial charge in [0.1, 0.15) is 6.42 Å². The van der Waals surface area contributed by atoms with Gasteiger partial charge in [-0.2, -0.15) is 0 Å². The van der Waals surface area contributed by atoms with E-state index in [1.54, 1.807) is 12.1 Å². The maximum atomic E-state index is 13.2. The molecule has 0 radical (unpaired) electrons. The lowest BCUT2D eigenvalue weighted by atomic mass is 10.3. The number of hydrogen-bond acceptors (Lipinski definition) is 4. The first kappa shape index (κ1) is 14.6. The van der Waals surface area contributed by atoms with Gasteiger partial charge in [-0.25, -0.2) is 0 Å². The summed E-state index contributed by atoms with van der Waals surface area (Å²) in [6.45, 7) is 0. The summed E-state index contributed by atoms with van der Waals surface area (Å²) in [6.07, 6.45) is -0.229. The van der Waals surface area contributed by atoms with E-state index in [2.05, 4.69) is 0 Å². The zero-order valence-corrected chi connectivity index (χ0v) is 12.9. The van der Waals surface area contributed by atoms with Crippen molar-refractivity contribution in [2.24, 2.45) is 0 Å². The van der Waals surface area contributed by atoms with Gasteiger partial charge in [0.05, 0.1) is 5.30 Å². The zero-order valence-electron chi connectivity index (χ0n) is 12.0. The van der Waals surface area contributed by atoms with Gasteiger partial charge in [0.2, 0.25) is 11.8 Å².